The largest absolute Gasteiger partial charge is 0.493 e. The van der Waals surface area contributed by atoms with Gasteiger partial charge in [-0.05, 0) is 54.1 Å². The molecule has 0 bridgehead atoms. The smallest absolute Gasteiger partial charge is 0.339 e. The molecule has 2 aromatic heterocycles. The minimum absolute atomic E-state index is 0.0137. The standard InChI is InChI=1S/C26H20N4O5S2/c1-29-20-10-9-18(14-21(20)30(2)26(29)31)37(32,33)35-22-11-8-16(13-23(22)34-3)12-17(15-27)25-28-19-6-4-5-7-24(19)36-25/h4-14H,1-3H3/b17-12+. The van der Waals surface area contributed by atoms with E-state index in [1.165, 1.54) is 45.8 Å². The quantitative estimate of drug-likeness (QED) is 0.236. The Kier molecular flexibility index (Phi) is 6.07. The van der Waals surface area contributed by atoms with Gasteiger partial charge in [-0.1, -0.05) is 18.2 Å². The normalized spacial score (nSPS) is 12.1. The van der Waals surface area contributed by atoms with Crippen molar-refractivity contribution in [2.45, 2.75) is 4.90 Å². The Morgan fingerprint density at radius 1 is 1.03 bits per heavy atom. The molecule has 0 aliphatic heterocycles. The molecule has 0 atom stereocenters. The summed E-state index contributed by atoms with van der Waals surface area (Å²) < 4.78 is 40.7. The monoisotopic (exact) mass is 532 g/mol. The van der Waals surface area contributed by atoms with Crippen molar-refractivity contribution in [2.75, 3.05) is 7.11 Å². The third-order valence-electron chi connectivity index (χ3n) is 5.88. The SMILES string of the molecule is COc1cc(/C=C(\C#N)c2nc3ccccc3s2)ccc1OS(=O)(=O)c1ccc2c(c1)n(C)c(=O)n2C. The topological polar surface area (TPSA) is 116 Å². The lowest BCUT2D eigenvalue weighted by molar-refractivity contribution is 0.390. The molecule has 0 radical (unpaired) electrons. The van der Waals surface area contributed by atoms with E-state index in [0.29, 0.717) is 27.2 Å². The van der Waals surface area contributed by atoms with Crippen molar-refractivity contribution in [1.82, 2.24) is 14.1 Å². The first kappa shape index (κ1) is 24.3. The summed E-state index contributed by atoms with van der Waals surface area (Å²) in [5.74, 6) is 0.160. The van der Waals surface area contributed by atoms with Crippen LogP contribution in [0.5, 0.6) is 11.5 Å². The number of imidazole rings is 1. The number of rotatable bonds is 6. The number of para-hydroxylation sites is 1. The molecule has 37 heavy (non-hydrogen) atoms. The van der Waals surface area contributed by atoms with Gasteiger partial charge in [-0.15, -0.1) is 11.3 Å². The summed E-state index contributed by atoms with van der Waals surface area (Å²) in [6, 6.07) is 18.8. The molecule has 0 spiro atoms. The molecule has 0 amide bonds. The molecule has 0 saturated heterocycles. The summed E-state index contributed by atoms with van der Waals surface area (Å²) in [6.45, 7) is 0. The summed E-state index contributed by atoms with van der Waals surface area (Å²) in [5, 5.41) is 10.3. The molecule has 186 valence electrons. The summed E-state index contributed by atoms with van der Waals surface area (Å²) in [4.78, 5) is 16.6. The van der Waals surface area contributed by atoms with Crippen LogP contribution in [0.1, 0.15) is 10.6 Å². The van der Waals surface area contributed by atoms with E-state index in [4.69, 9.17) is 8.92 Å². The zero-order valence-electron chi connectivity index (χ0n) is 20.0. The maximum atomic E-state index is 13.1. The van der Waals surface area contributed by atoms with Crippen LogP contribution in [0.4, 0.5) is 0 Å². The number of nitrogens with zero attached hydrogens (tertiary/aromatic N) is 4. The molecular formula is C26H20N4O5S2. The highest BCUT2D eigenvalue weighted by molar-refractivity contribution is 7.87. The maximum absolute atomic E-state index is 13.1. The molecule has 0 fully saturated rings. The first-order valence-corrected chi connectivity index (χ1v) is 13.2. The van der Waals surface area contributed by atoms with E-state index >= 15 is 0 Å². The van der Waals surface area contributed by atoms with Crippen LogP contribution in [0.25, 0.3) is 32.9 Å². The number of hydrogen-bond donors (Lipinski definition) is 0. The van der Waals surface area contributed by atoms with Crippen LogP contribution in [0.3, 0.4) is 0 Å². The van der Waals surface area contributed by atoms with Gasteiger partial charge >= 0.3 is 15.8 Å². The lowest BCUT2D eigenvalue weighted by Gasteiger charge is -2.12. The van der Waals surface area contributed by atoms with Crippen LogP contribution in [0.2, 0.25) is 0 Å². The number of fused-ring (bicyclic) bond motifs is 2. The summed E-state index contributed by atoms with van der Waals surface area (Å²) in [7, 11) is 0.345. The first-order chi connectivity index (χ1) is 17.7. The van der Waals surface area contributed by atoms with Crippen LogP contribution in [-0.2, 0) is 24.2 Å². The molecule has 0 aliphatic carbocycles. The molecule has 3 aromatic carbocycles. The average Bonchev–Trinajstić information content (AvgIpc) is 3.42. The Bertz CT molecular complexity index is 1890. The van der Waals surface area contributed by atoms with E-state index in [9.17, 15) is 18.5 Å². The van der Waals surface area contributed by atoms with Gasteiger partial charge < -0.3 is 8.92 Å². The average molecular weight is 533 g/mol. The predicted octanol–water partition coefficient (Wildman–Crippen LogP) is 4.33. The van der Waals surface area contributed by atoms with Gasteiger partial charge in [0, 0.05) is 14.1 Å². The number of ether oxygens (including phenoxy) is 1. The second-order valence-electron chi connectivity index (χ2n) is 8.16. The van der Waals surface area contributed by atoms with Gasteiger partial charge in [-0.3, -0.25) is 9.13 Å². The molecule has 0 saturated carbocycles. The molecular weight excluding hydrogens is 512 g/mol. The second kappa shape index (κ2) is 9.24. The van der Waals surface area contributed by atoms with Gasteiger partial charge in [-0.2, -0.15) is 13.7 Å². The van der Waals surface area contributed by atoms with E-state index in [0.717, 1.165) is 10.2 Å². The molecule has 5 aromatic rings. The van der Waals surface area contributed by atoms with E-state index in [1.807, 2.05) is 24.3 Å². The lowest BCUT2D eigenvalue weighted by Crippen LogP contribution is -2.19. The van der Waals surface area contributed by atoms with Crippen molar-refractivity contribution in [3.63, 3.8) is 0 Å². The van der Waals surface area contributed by atoms with Crippen LogP contribution in [0.15, 0.2) is 70.4 Å². The second-order valence-corrected chi connectivity index (χ2v) is 10.7. The number of aryl methyl sites for hydroxylation is 2. The number of benzene rings is 3. The summed E-state index contributed by atoms with van der Waals surface area (Å²) >= 11 is 1.41. The minimum Gasteiger partial charge on any atom is -0.493 e. The third kappa shape index (κ3) is 4.37. The van der Waals surface area contributed by atoms with Gasteiger partial charge in [0.1, 0.15) is 16.0 Å². The van der Waals surface area contributed by atoms with Crippen LogP contribution in [-0.4, -0.2) is 29.6 Å². The van der Waals surface area contributed by atoms with Crippen LogP contribution < -0.4 is 14.6 Å². The molecule has 11 heteroatoms. The molecule has 5 rings (SSSR count). The van der Waals surface area contributed by atoms with Crippen molar-refractivity contribution >= 4 is 54.4 Å². The van der Waals surface area contributed by atoms with Gasteiger partial charge in [0.2, 0.25) is 0 Å². The van der Waals surface area contributed by atoms with Gasteiger partial charge in [0.15, 0.2) is 11.5 Å². The Hall–Kier alpha value is -4.40. The summed E-state index contributed by atoms with van der Waals surface area (Å²) in [6.07, 6.45) is 1.66. The number of hydrogen-bond acceptors (Lipinski definition) is 8. The zero-order valence-corrected chi connectivity index (χ0v) is 21.6. The molecule has 9 nitrogen and oxygen atoms in total. The van der Waals surface area contributed by atoms with E-state index in [2.05, 4.69) is 11.1 Å². The number of methoxy groups -OCH3 is 1. The maximum Gasteiger partial charge on any atom is 0.339 e. The Morgan fingerprint density at radius 3 is 2.51 bits per heavy atom. The molecule has 0 unspecified atom stereocenters. The van der Waals surface area contributed by atoms with Crippen molar-refractivity contribution in [3.05, 3.63) is 81.7 Å². The van der Waals surface area contributed by atoms with Gasteiger partial charge in [0.25, 0.3) is 0 Å². The molecule has 0 N–H and O–H groups in total. The number of nitriles is 1. The fourth-order valence-corrected chi connectivity index (χ4v) is 5.84. The highest BCUT2D eigenvalue weighted by Crippen LogP contribution is 2.33. The predicted molar refractivity (Wildman–Crippen MR) is 142 cm³/mol. The van der Waals surface area contributed by atoms with Gasteiger partial charge in [0.05, 0.1) is 33.9 Å². The highest BCUT2D eigenvalue weighted by Gasteiger charge is 2.21. The van der Waals surface area contributed by atoms with E-state index in [1.54, 1.807) is 38.4 Å². The number of allylic oxidation sites excluding steroid dienone is 1. The molecule has 0 aliphatic rings. The van der Waals surface area contributed by atoms with E-state index in [-0.39, 0.29) is 22.1 Å². The zero-order chi connectivity index (χ0) is 26.3. The Labute approximate surface area is 216 Å². The van der Waals surface area contributed by atoms with Crippen molar-refractivity contribution in [3.8, 4) is 17.6 Å². The number of thiazole rings is 1. The fraction of sp³-hybridized carbons (Fsp3) is 0.115. The summed E-state index contributed by atoms with van der Waals surface area (Å²) in [5.41, 5.74) is 2.58. The lowest BCUT2D eigenvalue weighted by atomic mass is 10.1. The molecule has 2 heterocycles. The fourth-order valence-electron chi connectivity index (χ4n) is 3.95. The number of aromatic nitrogens is 3. The van der Waals surface area contributed by atoms with E-state index < -0.39 is 10.1 Å². The van der Waals surface area contributed by atoms with Gasteiger partial charge in [-0.25, -0.2) is 9.78 Å². The first-order valence-electron chi connectivity index (χ1n) is 11.0. The van der Waals surface area contributed by atoms with Crippen molar-refractivity contribution < 1.29 is 17.3 Å². The third-order valence-corrected chi connectivity index (χ3v) is 8.17. The Balaban J connectivity index is 1.47. The van der Waals surface area contributed by atoms with Crippen molar-refractivity contribution in [1.29, 1.82) is 5.26 Å². The highest BCUT2D eigenvalue weighted by atomic mass is 32.2. The minimum atomic E-state index is -4.24. The van der Waals surface area contributed by atoms with Crippen molar-refractivity contribution in [2.24, 2.45) is 14.1 Å². The Morgan fingerprint density at radius 2 is 1.78 bits per heavy atom. The van der Waals surface area contributed by atoms with Crippen LogP contribution >= 0.6 is 11.3 Å². The van der Waals surface area contributed by atoms with Crippen LogP contribution in [0, 0.1) is 11.3 Å².